The van der Waals surface area contributed by atoms with E-state index < -0.39 is 29.2 Å². The summed E-state index contributed by atoms with van der Waals surface area (Å²) in [5.41, 5.74) is -0.703. The zero-order valence-corrected chi connectivity index (χ0v) is 13.7. The summed E-state index contributed by atoms with van der Waals surface area (Å²) in [6.45, 7) is -0.0435. The van der Waals surface area contributed by atoms with Gasteiger partial charge in [0.25, 0.3) is 6.43 Å². The number of alkyl halides is 2. The van der Waals surface area contributed by atoms with E-state index in [4.69, 9.17) is 11.6 Å². The lowest BCUT2D eigenvalue weighted by atomic mass is 9.97. The van der Waals surface area contributed by atoms with E-state index in [0.29, 0.717) is 11.5 Å². The molecule has 0 unspecified atom stereocenters. The molecule has 0 N–H and O–H groups in total. The summed E-state index contributed by atoms with van der Waals surface area (Å²) in [4.78, 5) is 4.22. The van der Waals surface area contributed by atoms with Gasteiger partial charge < -0.3 is 0 Å². The van der Waals surface area contributed by atoms with Crippen molar-refractivity contribution in [3.8, 4) is 5.69 Å². The van der Waals surface area contributed by atoms with Gasteiger partial charge >= 0.3 is 0 Å². The maximum absolute atomic E-state index is 14.4. The number of hydrogen-bond acceptors (Lipinski definition) is 3. The Balaban J connectivity index is 2.08. The molecule has 0 spiro atoms. The number of fused-ring (bicyclic) bond motifs is 3. The lowest BCUT2D eigenvalue weighted by molar-refractivity contribution is 0.151. The first-order valence-corrected chi connectivity index (χ1v) is 7.86. The minimum absolute atomic E-state index is 0.00650. The van der Waals surface area contributed by atoms with Crippen molar-refractivity contribution >= 4 is 17.3 Å². The molecule has 0 atom stereocenters. The number of benzene rings is 2. The topological polar surface area (TPSA) is 43.1 Å². The van der Waals surface area contributed by atoms with Crippen molar-refractivity contribution < 1.29 is 17.6 Å². The number of halogens is 5. The number of hydrogen-bond donors (Lipinski definition) is 0. The van der Waals surface area contributed by atoms with Gasteiger partial charge in [0.2, 0.25) is 0 Å². The van der Waals surface area contributed by atoms with E-state index in [9.17, 15) is 17.6 Å². The maximum Gasteiger partial charge on any atom is 0.265 e. The van der Waals surface area contributed by atoms with Gasteiger partial charge in [0.05, 0.1) is 22.0 Å². The first kappa shape index (κ1) is 16.7. The van der Waals surface area contributed by atoms with Crippen molar-refractivity contribution in [2.75, 3.05) is 0 Å². The van der Waals surface area contributed by atoms with Gasteiger partial charge in [-0.2, -0.15) is 0 Å². The highest BCUT2D eigenvalue weighted by molar-refractivity contribution is 6.37. The number of nitrogens with zero attached hydrogens (tertiary/aromatic N) is 4. The van der Waals surface area contributed by atoms with Crippen LogP contribution in [0.3, 0.4) is 0 Å². The average molecular weight is 381 g/mol. The largest absolute Gasteiger partial charge is 0.283 e. The minimum Gasteiger partial charge on any atom is -0.283 e. The normalized spacial score (nSPS) is 13.2. The predicted molar refractivity (Wildman–Crippen MR) is 87.0 cm³/mol. The first-order chi connectivity index (χ1) is 12.5. The molecule has 3 aromatic rings. The van der Waals surface area contributed by atoms with Crippen LogP contribution < -0.4 is 0 Å². The van der Waals surface area contributed by atoms with Crippen LogP contribution in [-0.2, 0) is 6.54 Å². The Labute approximate surface area is 149 Å². The highest BCUT2D eigenvalue weighted by Crippen LogP contribution is 2.37. The molecule has 132 valence electrons. The molecular formula is C17H9ClF4N4. The second-order valence-electron chi connectivity index (χ2n) is 5.54. The van der Waals surface area contributed by atoms with Crippen LogP contribution in [0, 0.1) is 11.6 Å². The van der Waals surface area contributed by atoms with E-state index in [1.807, 2.05) is 0 Å². The standard InChI is InChI=1S/C17H9ClF4N4/c18-15-8(17(21)22)4-5-11-14(15)16(13-9(19)2-1-3-10(13)20)23-6-12-25-24-7-26(11)12/h1-5,7,17H,6H2. The van der Waals surface area contributed by atoms with Crippen molar-refractivity contribution in [1.82, 2.24) is 14.8 Å². The zero-order valence-electron chi connectivity index (χ0n) is 12.9. The molecule has 0 saturated heterocycles. The molecule has 26 heavy (non-hydrogen) atoms. The molecule has 0 aliphatic carbocycles. The number of rotatable bonds is 2. The summed E-state index contributed by atoms with van der Waals surface area (Å²) in [6, 6.07) is 5.89. The molecule has 0 amide bonds. The van der Waals surface area contributed by atoms with Gasteiger partial charge in [-0.25, -0.2) is 17.6 Å². The average Bonchev–Trinajstić information content (AvgIpc) is 3.00. The van der Waals surface area contributed by atoms with Crippen LogP contribution in [-0.4, -0.2) is 20.5 Å². The smallest absolute Gasteiger partial charge is 0.265 e. The van der Waals surface area contributed by atoms with E-state index in [0.717, 1.165) is 18.2 Å². The fraction of sp³-hybridized carbons (Fsp3) is 0.118. The summed E-state index contributed by atoms with van der Waals surface area (Å²) < 4.78 is 56.9. The van der Waals surface area contributed by atoms with Gasteiger partial charge in [0.15, 0.2) is 5.82 Å². The quantitative estimate of drug-likeness (QED) is 0.615. The Bertz CT molecular complexity index is 1020. The second kappa shape index (κ2) is 6.21. The van der Waals surface area contributed by atoms with Crippen LogP contribution in [0.1, 0.15) is 28.9 Å². The van der Waals surface area contributed by atoms with Gasteiger partial charge in [-0.15, -0.1) is 10.2 Å². The molecule has 0 bridgehead atoms. The highest BCUT2D eigenvalue weighted by atomic mass is 35.5. The molecular weight excluding hydrogens is 372 g/mol. The molecule has 9 heteroatoms. The van der Waals surface area contributed by atoms with Crippen molar-refractivity contribution in [2.45, 2.75) is 13.0 Å². The van der Waals surface area contributed by atoms with E-state index in [1.54, 1.807) is 0 Å². The molecule has 1 aromatic heterocycles. The predicted octanol–water partition coefficient (Wildman–Crippen LogP) is 4.49. The van der Waals surface area contributed by atoms with E-state index in [-0.39, 0.29) is 22.8 Å². The van der Waals surface area contributed by atoms with E-state index in [2.05, 4.69) is 15.2 Å². The van der Waals surface area contributed by atoms with E-state index >= 15 is 0 Å². The van der Waals surface area contributed by atoms with Crippen LogP contribution in [0.5, 0.6) is 0 Å². The molecule has 0 saturated carbocycles. The molecule has 4 nitrogen and oxygen atoms in total. The molecule has 4 rings (SSSR count). The number of aromatic nitrogens is 3. The summed E-state index contributed by atoms with van der Waals surface area (Å²) >= 11 is 6.22. The fourth-order valence-corrected chi connectivity index (χ4v) is 3.23. The summed E-state index contributed by atoms with van der Waals surface area (Å²) in [5, 5.41) is 7.35. The van der Waals surface area contributed by atoms with Crippen LogP contribution >= 0.6 is 11.6 Å². The second-order valence-corrected chi connectivity index (χ2v) is 5.92. The minimum atomic E-state index is -2.86. The lowest BCUT2D eigenvalue weighted by Crippen LogP contribution is -2.13. The monoisotopic (exact) mass is 380 g/mol. The van der Waals surface area contributed by atoms with Gasteiger partial charge in [-0.3, -0.25) is 9.56 Å². The third-order valence-electron chi connectivity index (χ3n) is 4.08. The fourth-order valence-electron chi connectivity index (χ4n) is 2.90. The van der Waals surface area contributed by atoms with E-state index in [1.165, 1.54) is 23.0 Å². The Morgan fingerprint density at radius 1 is 1.04 bits per heavy atom. The lowest BCUT2D eigenvalue weighted by Gasteiger charge is -2.16. The maximum atomic E-state index is 14.4. The van der Waals surface area contributed by atoms with Crippen molar-refractivity contribution in [1.29, 1.82) is 0 Å². The van der Waals surface area contributed by atoms with Crippen molar-refractivity contribution in [3.05, 3.63) is 75.8 Å². The summed E-state index contributed by atoms with van der Waals surface area (Å²) in [5.74, 6) is -1.35. The highest BCUT2D eigenvalue weighted by Gasteiger charge is 2.29. The van der Waals surface area contributed by atoms with Crippen molar-refractivity contribution in [3.63, 3.8) is 0 Å². The third-order valence-corrected chi connectivity index (χ3v) is 4.48. The molecule has 1 aliphatic rings. The molecule has 0 fully saturated rings. The molecule has 1 aliphatic heterocycles. The Morgan fingerprint density at radius 2 is 1.77 bits per heavy atom. The van der Waals surface area contributed by atoms with Crippen molar-refractivity contribution in [2.24, 2.45) is 4.99 Å². The Kier molecular flexibility index (Phi) is 3.99. The van der Waals surface area contributed by atoms with Gasteiger partial charge in [-0.1, -0.05) is 17.7 Å². The SMILES string of the molecule is Fc1cccc(F)c1C1=NCc2nncn2-c2ccc(C(F)F)c(Cl)c21. The van der Waals surface area contributed by atoms with Crippen LogP contribution in [0.4, 0.5) is 17.6 Å². The third kappa shape index (κ3) is 2.48. The first-order valence-electron chi connectivity index (χ1n) is 7.48. The zero-order chi connectivity index (χ0) is 18.4. The summed E-state index contributed by atoms with van der Waals surface area (Å²) in [7, 11) is 0. The van der Waals surface area contributed by atoms with Gasteiger partial charge in [0, 0.05) is 11.1 Å². The van der Waals surface area contributed by atoms with Gasteiger partial charge in [-0.05, 0) is 24.3 Å². The van der Waals surface area contributed by atoms with Crippen LogP contribution in [0.15, 0.2) is 41.7 Å². The summed E-state index contributed by atoms with van der Waals surface area (Å²) in [6.07, 6.45) is -1.49. The molecule has 0 radical (unpaired) electrons. The van der Waals surface area contributed by atoms with Gasteiger partial charge in [0.1, 0.15) is 24.5 Å². The van der Waals surface area contributed by atoms with Crippen LogP contribution in [0.25, 0.3) is 5.69 Å². The Morgan fingerprint density at radius 3 is 2.46 bits per heavy atom. The molecule has 2 aromatic carbocycles. The number of aliphatic imine (C=N–C) groups is 1. The van der Waals surface area contributed by atoms with Crippen LogP contribution in [0.2, 0.25) is 5.02 Å². The molecule has 2 heterocycles. The Hall–Kier alpha value is -2.74.